The van der Waals surface area contributed by atoms with Gasteiger partial charge in [0.1, 0.15) is 5.75 Å². The van der Waals surface area contributed by atoms with Gasteiger partial charge in [0.2, 0.25) is 0 Å². The van der Waals surface area contributed by atoms with Crippen molar-refractivity contribution >= 4 is 0 Å². The molecule has 0 saturated carbocycles. The van der Waals surface area contributed by atoms with Gasteiger partial charge in [-0.2, -0.15) is 8.78 Å². The summed E-state index contributed by atoms with van der Waals surface area (Å²) in [5.41, 5.74) is 1.92. The minimum Gasteiger partial charge on any atom is -0.435 e. The van der Waals surface area contributed by atoms with E-state index in [2.05, 4.69) is 11.7 Å². The Morgan fingerprint density at radius 3 is 2.57 bits per heavy atom. The SMILES string of the molecule is CCCc1ccc(OC(F)F)c(C)c1. The second kappa shape index (κ2) is 4.94. The van der Waals surface area contributed by atoms with Crippen molar-refractivity contribution in [3.05, 3.63) is 29.3 Å². The molecule has 0 aliphatic rings. The summed E-state index contributed by atoms with van der Waals surface area (Å²) in [4.78, 5) is 0. The van der Waals surface area contributed by atoms with E-state index >= 15 is 0 Å². The zero-order chi connectivity index (χ0) is 10.6. The van der Waals surface area contributed by atoms with Crippen LogP contribution >= 0.6 is 0 Å². The zero-order valence-corrected chi connectivity index (χ0v) is 8.39. The Labute approximate surface area is 82.7 Å². The lowest BCUT2D eigenvalue weighted by Crippen LogP contribution is -2.03. The Morgan fingerprint density at radius 1 is 1.36 bits per heavy atom. The Hall–Kier alpha value is -1.12. The molecule has 0 N–H and O–H groups in total. The van der Waals surface area contributed by atoms with Crippen LogP contribution in [0.4, 0.5) is 8.78 Å². The molecule has 3 heteroatoms. The molecule has 0 radical (unpaired) electrons. The summed E-state index contributed by atoms with van der Waals surface area (Å²) in [6.07, 6.45) is 2.02. The van der Waals surface area contributed by atoms with E-state index in [1.165, 1.54) is 0 Å². The van der Waals surface area contributed by atoms with E-state index < -0.39 is 6.61 Å². The third-order valence-electron chi connectivity index (χ3n) is 1.99. The normalized spacial score (nSPS) is 10.6. The van der Waals surface area contributed by atoms with Crippen LogP contribution in [0.15, 0.2) is 18.2 Å². The minimum atomic E-state index is -2.74. The molecule has 0 fully saturated rings. The summed E-state index contributed by atoms with van der Waals surface area (Å²) in [6.45, 7) is 1.11. The van der Waals surface area contributed by atoms with Crippen LogP contribution in [0.5, 0.6) is 5.75 Å². The van der Waals surface area contributed by atoms with Crippen LogP contribution in [0.2, 0.25) is 0 Å². The number of aryl methyl sites for hydroxylation is 2. The van der Waals surface area contributed by atoms with Gasteiger partial charge in [0, 0.05) is 0 Å². The first-order valence-corrected chi connectivity index (χ1v) is 4.67. The monoisotopic (exact) mass is 200 g/mol. The molecule has 0 aliphatic heterocycles. The van der Waals surface area contributed by atoms with Gasteiger partial charge in [0.05, 0.1) is 0 Å². The Balaban J connectivity index is 2.79. The van der Waals surface area contributed by atoms with E-state index in [4.69, 9.17) is 0 Å². The van der Waals surface area contributed by atoms with Crippen LogP contribution in [0, 0.1) is 6.92 Å². The minimum absolute atomic E-state index is 0.264. The number of hydrogen-bond acceptors (Lipinski definition) is 1. The molecule has 14 heavy (non-hydrogen) atoms. The highest BCUT2D eigenvalue weighted by Gasteiger charge is 2.06. The van der Waals surface area contributed by atoms with Gasteiger partial charge < -0.3 is 4.74 Å². The highest BCUT2D eigenvalue weighted by Crippen LogP contribution is 2.21. The number of ether oxygens (including phenoxy) is 1. The first-order valence-electron chi connectivity index (χ1n) is 4.67. The second-order valence-electron chi connectivity index (χ2n) is 3.23. The van der Waals surface area contributed by atoms with Gasteiger partial charge in [-0.25, -0.2) is 0 Å². The van der Waals surface area contributed by atoms with Gasteiger partial charge in [-0.1, -0.05) is 25.5 Å². The van der Waals surface area contributed by atoms with Crippen LogP contribution in [0.3, 0.4) is 0 Å². The Kier molecular flexibility index (Phi) is 3.86. The summed E-state index contributed by atoms with van der Waals surface area (Å²) in [5.74, 6) is 0.264. The van der Waals surface area contributed by atoms with Crippen molar-refractivity contribution in [3.8, 4) is 5.75 Å². The van der Waals surface area contributed by atoms with Crippen molar-refractivity contribution < 1.29 is 13.5 Å². The van der Waals surface area contributed by atoms with Gasteiger partial charge in [0.25, 0.3) is 0 Å². The van der Waals surface area contributed by atoms with Crippen LogP contribution in [0.25, 0.3) is 0 Å². The van der Waals surface area contributed by atoms with Crippen LogP contribution in [-0.2, 0) is 6.42 Å². The maximum atomic E-state index is 11.9. The fourth-order valence-electron chi connectivity index (χ4n) is 1.38. The number of rotatable bonds is 4. The lowest BCUT2D eigenvalue weighted by molar-refractivity contribution is -0.0503. The number of halogens is 2. The fourth-order valence-corrected chi connectivity index (χ4v) is 1.38. The van der Waals surface area contributed by atoms with E-state index in [1.807, 2.05) is 12.1 Å². The molecule has 0 saturated heterocycles. The quantitative estimate of drug-likeness (QED) is 0.722. The molecule has 0 atom stereocenters. The van der Waals surface area contributed by atoms with E-state index in [9.17, 15) is 8.78 Å². The molecule has 1 rings (SSSR count). The zero-order valence-electron chi connectivity index (χ0n) is 8.39. The van der Waals surface area contributed by atoms with E-state index in [1.54, 1.807) is 13.0 Å². The summed E-state index contributed by atoms with van der Waals surface area (Å²) in [6, 6.07) is 5.32. The summed E-state index contributed by atoms with van der Waals surface area (Å²) < 4.78 is 28.2. The van der Waals surface area contributed by atoms with Gasteiger partial charge >= 0.3 is 6.61 Å². The predicted molar refractivity (Wildman–Crippen MR) is 51.8 cm³/mol. The van der Waals surface area contributed by atoms with E-state index in [0.717, 1.165) is 24.0 Å². The predicted octanol–water partition coefficient (Wildman–Crippen LogP) is 3.55. The lowest BCUT2D eigenvalue weighted by Gasteiger charge is -2.09. The number of hydrogen-bond donors (Lipinski definition) is 0. The molecule has 0 heterocycles. The van der Waals surface area contributed by atoms with Gasteiger partial charge in [-0.05, 0) is 30.5 Å². The topological polar surface area (TPSA) is 9.23 Å². The average molecular weight is 200 g/mol. The fraction of sp³-hybridized carbons (Fsp3) is 0.455. The van der Waals surface area contributed by atoms with E-state index in [0.29, 0.717) is 0 Å². The van der Waals surface area contributed by atoms with Crippen molar-refractivity contribution in [3.63, 3.8) is 0 Å². The molecule has 0 spiro atoms. The number of alkyl halides is 2. The van der Waals surface area contributed by atoms with Crippen molar-refractivity contribution in [2.75, 3.05) is 0 Å². The smallest absolute Gasteiger partial charge is 0.387 e. The maximum Gasteiger partial charge on any atom is 0.387 e. The first kappa shape index (κ1) is 11.0. The molecule has 0 amide bonds. The molecule has 0 aliphatic carbocycles. The molecule has 1 nitrogen and oxygen atoms in total. The second-order valence-corrected chi connectivity index (χ2v) is 3.23. The van der Waals surface area contributed by atoms with Crippen LogP contribution in [0.1, 0.15) is 24.5 Å². The molecule has 1 aromatic rings. The van der Waals surface area contributed by atoms with Gasteiger partial charge in [-0.15, -0.1) is 0 Å². The lowest BCUT2D eigenvalue weighted by atomic mass is 10.1. The molecule has 0 bridgehead atoms. The molecule has 78 valence electrons. The maximum absolute atomic E-state index is 11.9. The highest BCUT2D eigenvalue weighted by molar-refractivity contribution is 5.36. The van der Waals surface area contributed by atoms with Crippen LogP contribution < -0.4 is 4.74 Å². The number of benzene rings is 1. The molecular weight excluding hydrogens is 186 g/mol. The summed E-state index contributed by atoms with van der Waals surface area (Å²) in [7, 11) is 0. The standard InChI is InChI=1S/C11H14F2O/c1-3-4-9-5-6-10(8(2)7-9)14-11(12)13/h5-7,11H,3-4H2,1-2H3. The Morgan fingerprint density at radius 2 is 2.07 bits per heavy atom. The van der Waals surface area contributed by atoms with Gasteiger partial charge in [-0.3, -0.25) is 0 Å². The van der Waals surface area contributed by atoms with Crippen molar-refractivity contribution in [1.29, 1.82) is 0 Å². The molecular formula is C11H14F2O. The highest BCUT2D eigenvalue weighted by atomic mass is 19.3. The molecule has 0 unspecified atom stereocenters. The van der Waals surface area contributed by atoms with Crippen LogP contribution in [-0.4, -0.2) is 6.61 Å². The third kappa shape index (κ3) is 2.98. The summed E-state index contributed by atoms with van der Waals surface area (Å²) in [5, 5.41) is 0. The van der Waals surface area contributed by atoms with Crippen molar-refractivity contribution in [2.24, 2.45) is 0 Å². The van der Waals surface area contributed by atoms with Gasteiger partial charge in [0.15, 0.2) is 0 Å². The van der Waals surface area contributed by atoms with E-state index in [-0.39, 0.29) is 5.75 Å². The Bertz CT molecular complexity index is 297. The van der Waals surface area contributed by atoms with Crippen molar-refractivity contribution in [2.45, 2.75) is 33.3 Å². The van der Waals surface area contributed by atoms with Crippen molar-refractivity contribution in [1.82, 2.24) is 0 Å². The summed E-state index contributed by atoms with van der Waals surface area (Å²) >= 11 is 0. The molecule has 1 aromatic carbocycles. The first-order chi connectivity index (χ1) is 6.63. The average Bonchev–Trinajstić information content (AvgIpc) is 2.10. The largest absolute Gasteiger partial charge is 0.435 e. The molecule has 0 aromatic heterocycles. The third-order valence-corrected chi connectivity index (χ3v) is 1.99.